The number of nitrogens with zero attached hydrogens (tertiary/aromatic N) is 2. The van der Waals surface area contributed by atoms with Gasteiger partial charge in [0.25, 0.3) is 0 Å². The van der Waals surface area contributed by atoms with Crippen LogP contribution >= 0.6 is 0 Å². The maximum absolute atomic E-state index is 11.0. The van der Waals surface area contributed by atoms with Crippen molar-refractivity contribution in [3.05, 3.63) is 29.3 Å². The first-order chi connectivity index (χ1) is 10.1. The maximum Gasteiger partial charge on any atom is 0.335 e. The predicted molar refractivity (Wildman–Crippen MR) is 82.6 cm³/mol. The number of carboxylic acids is 1. The molecule has 0 radical (unpaired) electrons. The van der Waals surface area contributed by atoms with Crippen LogP contribution in [-0.4, -0.2) is 24.2 Å². The summed E-state index contributed by atoms with van der Waals surface area (Å²) in [6, 6.07) is 7.36. The Morgan fingerprint density at radius 1 is 1.38 bits per heavy atom. The third-order valence-electron chi connectivity index (χ3n) is 4.69. The van der Waals surface area contributed by atoms with Gasteiger partial charge in [-0.1, -0.05) is 13.3 Å². The molecule has 1 fully saturated rings. The Balaban J connectivity index is 2.18. The van der Waals surface area contributed by atoms with Crippen LogP contribution in [0.5, 0.6) is 0 Å². The SMILES string of the molecule is CCC1CCC(N(C)c2ccc(C(=O)O)cc2C#N)CC1. The molecule has 0 bridgehead atoms. The van der Waals surface area contributed by atoms with E-state index in [1.165, 1.54) is 25.3 Å². The van der Waals surface area contributed by atoms with Gasteiger partial charge in [0, 0.05) is 13.1 Å². The maximum atomic E-state index is 11.0. The van der Waals surface area contributed by atoms with E-state index in [-0.39, 0.29) is 5.56 Å². The van der Waals surface area contributed by atoms with Crippen molar-refractivity contribution >= 4 is 11.7 Å². The van der Waals surface area contributed by atoms with Gasteiger partial charge in [-0.05, 0) is 49.8 Å². The zero-order chi connectivity index (χ0) is 15.4. The molecule has 0 spiro atoms. The molecule has 0 amide bonds. The predicted octanol–water partition coefficient (Wildman–Crippen LogP) is 3.66. The largest absolute Gasteiger partial charge is 0.478 e. The lowest BCUT2D eigenvalue weighted by atomic mass is 9.84. The highest BCUT2D eigenvalue weighted by Gasteiger charge is 2.24. The van der Waals surface area contributed by atoms with Crippen molar-refractivity contribution < 1.29 is 9.90 Å². The number of anilines is 1. The summed E-state index contributed by atoms with van der Waals surface area (Å²) >= 11 is 0. The van der Waals surface area contributed by atoms with Crippen LogP contribution in [0.3, 0.4) is 0 Å². The van der Waals surface area contributed by atoms with Crippen LogP contribution in [0.4, 0.5) is 5.69 Å². The van der Waals surface area contributed by atoms with Crippen LogP contribution < -0.4 is 4.90 Å². The quantitative estimate of drug-likeness (QED) is 0.917. The molecule has 0 aliphatic heterocycles. The molecular weight excluding hydrogens is 264 g/mol. The highest BCUT2D eigenvalue weighted by Crippen LogP contribution is 2.32. The molecule has 4 nitrogen and oxygen atoms in total. The van der Waals surface area contributed by atoms with Gasteiger partial charge in [-0.2, -0.15) is 5.26 Å². The number of hydrogen-bond donors (Lipinski definition) is 1. The fourth-order valence-electron chi connectivity index (χ4n) is 3.20. The van der Waals surface area contributed by atoms with E-state index in [1.807, 2.05) is 7.05 Å². The van der Waals surface area contributed by atoms with Gasteiger partial charge in [0.15, 0.2) is 0 Å². The third kappa shape index (κ3) is 3.36. The fraction of sp³-hybridized carbons (Fsp3) is 0.529. The van der Waals surface area contributed by atoms with Gasteiger partial charge >= 0.3 is 5.97 Å². The van der Waals surface area contributed by atoms with Gasteiger partial charge in [-0.3, -0.25) is 0 Å². The number of nitriles is 1. The van der Waals surface area contributed by atoms with Crippen LogP contribution in [0.25, 0.3) is 0 Å². The Labute approximate surface area is 126 Å². The molecule has 0 aromatic heterocycles. The van der Waals surface area contributed by atoms with Crippen molar-refractivity contribution in [3.63, 3.8) is 0 Å². The molecule has 2 rings (SSSR count). The Hall–Kier alpha value is -2.02. The van der Waals surface area contributed by atoms with E-state index in [0.29, 0.717) is 11.6 Å². The summed E-state index contributed by atoms with van der Waals surface area (Å²) in [5.74, 6) is -0.163. The number of carbonyl (C=O) groups is 1. The van der Waals surface area contributed by atoms with Crippen molar-refractivity contribution in [2.75, 3.05) is 11.9 Å². The summed E-state index contributed by atoms with van der Waals surface area (Å²) in [7, 11) is 2.01. The van der Waals surface area contributed by atoms with E-state index in [2.05, 4.69) is 17.9 Å². The second kappa shape index (κ2) is 6.62. The van der Waals surface area contributed by atoms with Crippen molar-refractivity contribution in [1.82, 2.24) is 0 Å². The first-order valence-corrected chi connectivity index (χ1v) is 7.57. The lowest BCUT2D eigenvalue weighted by Crippen LogP contribution is -2.35. The molecule has 1 saturated carbocycles. The van der Waals surface area contributed by atoms with E-state index in [0.717, 1.165) is 24.4 Å². The Morgan fingerprint density at radius 3 is 2.57 bits per heavy atom. The minimum absolute atomic E-state index is 0.165. The van der Waals surface area contributed by atoms with Crippen molar-refractivity contribution in [1.29, 1.82) is 5.26 Å². The standard InChI is InChI=1S/C17H22N2O2/c1-3-12-4-7-15(8-5-12)19(2)16-9-6-13(17(20)21)10-14(16)11-18/h6,9-10,12,15H,3-5,7-8H2,1-2H3,(H,20,21). The van der Waals surface area contributed by atoms with Gasteiger partial charge in [0.1, 0.15) is 6.07 Å². The van der Waals surface area contributed by atoms with Gasteiger partial charge in [0.05, 0.1) is 16.8 Å². The minimum Gasteiger partial charge on any atom is -0.478 e. The highest BCUT2D eigenvalue weighted by molar-refractivity contribution is 5.89. The topological polar surface area (TPSA) is 64.3 Å². The smallest absolute Gasteiger partial charge is 0.335 e. The molecule has 21 heavy (non-hydrogen) atoms. The van der Waals surface area contributed by atoms with Crippen LogP contribution in [0.2, 0.25) is 0 Å². The van der Waals surface area contributed by atoms with Crippen molar-refractivity contribution in [2.45, 2.75) is 45.1 Å². The van der Waals surface area contributed by atoms with Gasteiger partial charge in [-0.25, -0.2) is 4.79 Å². The molecule has 0 saturated heterocycles. The van der Waals surface area contributed by atoms with Crippen LogP contribution in [0.15, 0.2) is 18.2 Å². The molecule has 0 atom stereocenters. The molecule has 1 aliphatic carbocycles. The van der Waals surface area contributed by atoms with Gasteiger partial charge in [-0.15, -0.1) is 0 Å². The van der Waals surface area contributed by atoms with E-state index in [4.69, 9.17) is 5.11 Å². The summed E-state index contributed by atoms with van der Waals surface area (Å²) in [5.41, 5.74) is 1.44. The molecule has 1 aromatic rings. The average Bonchev–Trinajstić information content (AvgIpc) is 2.53. The number of carboxylic acid groups (broad SMARTS) is 1. The Morgan fingerprint density at radius 2 is 2.05 bits per heavy atom. The molecule has 0 unspecified atom stereocenters. The Kier molecular flexibility index (Phi) is 4.85. The first-order valence-electron chi connectivity index (χ1n) is 7.57. The van der Waals surface area contributed by atoms with Crippen LogP contribution in [0, 0.1) is 17.2 Å². The molecule has 1 aromatic carbocycles. The van der Waals surface area contributed by atoms with E-state index >= 15 is 0 Å². The van der Waals surface area contributed by atoms with Gasteiger partial charge < -0.3 is 10.0 Å². The highest BCUT2D eigenvalue weighted by atomic mass is 16.4. The number of aromatic carboxylic acids is 1. The molecule has 1 aliphatic rings. The summed E-state index contributed by atoms with van der Waals surface area (Å²) in [6.07, 6.45) is 6.00. The van der Waals surface area contributed by atoms with Crippen molar-refractivity contribution in [3.8, 4) is 6.07 Å². The zero-order valence-electron chi connectivity index (χ0n) is 12.7. The Bertz CT molecular complexity index is 554. The molecule has 112 valence electrons. The summed E-state index contributed by atoms with van der Waals surface area (Å²) in [5, 5.41) is 18.3. The lowest BCUT2D eigenvalue weighted by molar-refractivity contribution is 0.0697. The van der Waals surface area contributed by atoms with Crippen LogP contribution in [0.1, 0.15) is 54.9 Å². The monoisotopic (exact) mass is 286 g/mol. The summed E-state index contributed by atoms with van der Waals surface area (Å²) < 4.78 is 0. The second-order valence-corrected chi connectivity index (χ2v) is 5.84. The summed E-state index contributed by atoms with van der Waals surface area (Å²) in [4.78, 5) is 13.1. The van der Waals surface area contributed by atoms with Gasteiger partial charge in [0.2, 0.25) is 0 Å². The zero-order valence-corrected chi connectivity index (χ0v) is 12.7. The first kappa shape index (κ1) is 15.4. The van der Waals surface area contributed by atoms with E-state index < -0.39 is 5.97 Å². The van der Waals surface area contributed by atoms with Crippen LogP contribution in [-0.2, 0) is 0 Å². The lowest BCUT2D eigenvalue weighted by Gasteiger charge is -2.36. The van der Waals surface area contributed by atoms with E-state index in [9.17, 15) is 10.1 Å². The normalized spacial score (nSPS) is 21.6. The summed E-state index contributed by atoms with van der Waals surface area (Å²) in [6.45, 7) is 2.24. The number of benzene rings is 1. The second-order valence-electron chi connectivity index (χ2n) is 5.84. The molecule has 1 N–H and O–H groups in total. The average molecular weight is 286 g/mol. The fourth-order valence-corrected chi connectivity index (χ4v) is 3.20. The van der Waals surface area contributed by atoms with E-state index in [1.54, 1.807) is 12.1 Å². The molecular formula is C17H22N2O2. The van der Waals surface area contributed by atoms with Crippen molar-refractivity contribution in [2.24, 2.45) is 5.92 Å². The number of hydrogen-bond acceptors (Lipinski definition) is 3. The minimum atomic E-state index is -0.996. The molecule has 4 heteroatoms. The number of rotatable bonds is 4. The molecule has 0 heterocycles. The third-order valence-corrected chi connectivity index (χ3v) is 4.69.